The predicted octanol–water partition coefficient (Wildman–Crippen LogP) is 1.51. The molecule has 6 nitrogen and oxygen atoms in total. The average molecular weight is 370 g/mol. The Kier molecular flexibility index (Phi) is 6.35. The van der Waals surface area contributed by atoms with Gasteiger partial charge < -0.3 is 10.6 Å². The van der Waals surface area contributed by atoms with Gasteiger partial charge >= 0.3 is 15.5 Å². The maximum atomic E-state index is 12.5. The van der Waals surface area contributed by atoms with E-state index >= 15 is 0 Å². The molecule has 1 heterocycles. The number of guanidine groups is 1. The molecule has 2 rings (SSSR count). The van der Waals surface area contributed by atoms with Crippen molar-refractivity contribution < 1.29 is 21.6 Å². The van der Waals surface area contributed by atoms with Crippen LogP contribution in [0.4, 0.5) is 13.2 Å². The van der Waals surface area contributed by atoms with Crippen LogP contribution in [0, 0.1) is 11.8 Å². The molecule has 2 aliphatic rings. The van der Waals surface area contributed by atoms with E-state index in [1.165, 1.54) is 12.8 Å². The highest BCUT2D eigenvalue weighted by atomic mass is 32.2. The highest BCUT2D eigenvalue weighted by Crippen LogP contribution is 2.30. The minimum atomic E-state index is -5.22. The molecule has 24 heavy (non-hydrogen) atoms. The van der Waals surface area contributed by atoms with E-state index in [0.29, 0.717) is 29.6 Å². The SMILES string of the molecule is CCNC(=NCC1CC1)NCC1CCN(S(=O)(=O)C(F)(F)F)CC1. The number of halogens is 3. The summed E-state index contributed by atoms with van der Waals surface area (Å²) >= 11 is 0. The van der Waals surface area contributed by atoms with Gasteiger partial charge in [0.1, 0.15) is 0 Å². The largest absolute Gasteiger partial charge is 0.511 e. The highest BCUT2D eigenvalue weighted by molar-refractivity contribution is 7.90. The van der Waals surface area contributed by atoms with Gasteiger partial charge in [0.15, 0.2) is 5.96 Å². The molecule has 0 amide bonds. The van der Waals surface area contributed by atoms with Gasteiger partial charge in [0.05, 0.1) is 0 Å². The molecule has 0 unspecified atom stereocenters. The number of nitrogens with zero attached hydrogens (tertiary/aromatic N) is 2. The summed E-state index contributed by atoms with van der Waals surface area (Å²) in [6.07, 6.45) is 3.25. The minimum Gasteiger partial charge on any atom is -0.357 e. The fourth-order valence-corrected chi connectivity index (χ4v) is 3.59. The molecule has 1 saturated carbocycles. The second kappa shape index (κ2) is 7.90. The Morgan fingerprint density at radius 2 is 1.75 bits per heavy atom. The van der Waals surface area contributed by atoms with Gasteiger partial charge in [-0.1, -0.05) is 0 Å². The number of piperidine rings is 1. The molecule has 1 aliphatic carbocycles. The standard InChI is InChI=1S/C14H25F3N4O2S/c1-2-18-13(19-9-11-3-4-11)20-10-12-5-7-21(8-6-12)24(22,23)14(15,16)17/h11-12H,2-10H2,1H3,(H2,18,19,20). The molecule has 0 aromatic carbocycles. The number of nitrogens with one attached hydrogen (secondary N) is 2. The van der Waals surface area contributed by atoms with Gasteiger partial charge in [0, 0.05) is 32.7 Å². The summed E-state index contributed by atoms with van der Waals surface area (Å²) in [6.45, 7) is 3.88. The summed E-state index contributed by atoms with van der Waals surface area (Å²) in [4.78, 5) is 4.49. The lowest BCUT2D eigenvalue weighted by Gasteiger charge is -2.31. The van der Waals surface area contributed by atoms with Crippen LogP contribution in [0.3, 0.4) is 0 Å². The maximum Gasteiger partial charge on any atom is 0.511 e. The van der Waals surface area contributed by atoms with Crippen molar-refractivity contribution in [3.8, 4) is 0 Å². The van der Waals surface area contributed by atoms with Crippen LogP contribution in [0.15, 0.2) is 4.99 Å². The molecular formula is C14H25F3N4O2S. The number of sulfonamides is 1. The summed E-state index contributed by atoms with van der Waals surface area (Å²) in [5.41, 5.74) is -5.22. The zero-order valence-electron chi connectivity index (χ0n) is 13.8. The maximum absolute atomic E-state index is 12.5. The Labute approximate surface area is 140 Å². The molecule has 1 saturated heterocycles. The minimum absolute atomic E-state index is 0.0933. The van der Waals surface area contributed by atoms with Crippen LogP contribution < -0.4 is 10.6 Å². The van der Waals surface area contributed by atoms with E-state index in [9.17, 15) is 21.6 Å². The van der Waals surface area contributed by atoms with E-state index in [1.54, 1.807) is 0 Å². The summed E-state index contributed by atoms with van der Waals surface area (Å²) < 4.78 is 60.9. The lowest BCUT2D eigenvalue weighted by Crippen LogP contribution is -2.47. The Morgan fingerprint density at radius 3 is 2.25 bits per heavy atom. The van der Waals surface area contributed by atoms with Crippen molar-refractivity contribution in [1.29, 1.82) is 0 Å². The third-order valence-electron chi connectivity index (χ3n) is 4.31. The first-order valence-electron chi connectivity index (χ1n) is 8.32. The molecule has 2 N–H and O–H groups in total. The van der Waals surface area contributed by atoms with Crippen molar-refractivity contribution in [3.05, 3.63) is 0 Å². The molecule has 0 radical (unpaired) electrons. The normalized spacial score (nSPS) is 21.8. The van der Waals surface area contributed by atoms with Crippen LogP contribution in [0.1, 0.15) is 32.6 Å². The van der Waals surface area contributed by atoms with Gasteiger partial charge in [-0.3, -0.25) is 4.99 Å². The fourth-order valence-electron chi connectivity index (χ4n) is 2.60. The Bertz CT molecular complexity index is 539. The van der Waals surface area contributed by atoms with E-state index < -0.39 is 15.5 Å². The van der Waals surface area contributed by atoms with Crippen molar-refractivity contribution in [2.75, 3.05) is 32.7 Å². The third-order valence-corrected chi connectivity index (χ3v) is 5.94. The monoisotopic (exact) mass is 370 g/mol. The average Bonchev–Trinajstić information content (AvgIpc) is 3.33. The lowest BCUT2D eigenvalue weighted by molar-refractivity contribution is -0.0496. The Hall–Kier alpha value is -1.03. The molecule has 0 spiro atoms. The number of rotatable bonds is 6. The topological polar surface area (TPSA) is 73.8 Å². The zero-order valence-corrected chi connectivity index (χ0v) is 14.6. The van der Waals surface area contributed by atoms with Crippen molar-refractivity contribution in [1.82, 2.24) is 14.9 Å². The molecule has 0 aromatic heterocycles. The summed E-state index contributed by atoms with van der Waals surface area (Å²) in [6, 6.07) is 0. The first-order chi connectivity index (χ1) is 11.2. The van der Waals surface area contributed by atoms with Crippen LogP contribution in [0.5, 0.6) is 0 Å². The third kappa shape index (κ3) is 5.23. The summed E-state index contributed by atoms with van der Waals surface area (Å²) in [5, 5.41) is 6.35. The quantitative estimate of drug-likeness (QED) is 0.549. The second-order valence-corrected chi connectivity index (χ2v) is 8.27. The first kappa shape index (κ1) is 19.3. The molecule has 0 bridgehead atoms. The summed E-state index contributed by atoms with van der Waals surface area (Å²) in [7, 11) is -5.20. The van der Waals surface area contributed by atoms with E-state index in [-0.39, 0.29) is 19.0 Å². The second-order valence-electron chi connectivity index (χ2n) is 6.34. The van der Waals surface area contributed by atoms with E-state index in [1.807, 2.05) is 6.92 Å². The van der Waals surface area contributed by atoms with Gasteiger partial charge in [0.25, 0.3) is 0 Å². The fraction of sp³-hybridized carbons (Fsp3) is 0.929. The van der Waals surface area contributed by atoms with Gasteiger partial charge in [-0.2, -0.15) is 17.5 Å². The molecule has 10 heteroatoms. The molecule has 2 fully saturated rings. The van der Waals surface area contributed by atoms with Crippen molar-refractivity contribution in [2.45, 2.75) is 38.1 Å². The van der Waals surface area contributed by atoms with E-state index in [4.69, 9.17) is 0 Å². The van der Waals surface area contributed by atoms with Crippen LogP contribution >= 0.6 is 0 Å². The van der Waals surface area contributed by atoms with Crippen molar-refractivity contribution in [2.24, 2.45) is 16.8 Å². The smallest absolute Gasteiger partial charge is 0.357 e. The number of alkyl halides is 3. The van der Waals surface area contributed by atoms with Crippen LogP contribution in [0.2, 0.25) is 0 Å². The van der Waals surface area contributed by atoms with Crippen molar-refractivity contribution >= 4 is 16.0 Å². The number of aliphatic imine (C=N–C) groups is 1. The Balaban J connectivity index is 1.78. The van der Waals surface area contributed by atoms with E-state index in [2.05, 4.69) is 15.6 Å². The van der Waals surface area contributed by atoms with Crippen molar-refractivity contribution in [3.63, 3.8) is 0 Å². The lowest BCUT2D eigenvalue weighted by atomic mass is 9.98. The summed E-state index contributed by atoms with van der Waals surface area (Å²) in [5.74, 6) is 1.53. The molecule has 1 aliphatic heterocycles. The molecular weight excluding hydrogens is 345 g/mol. The van der Waals surface area contributed by atoms with E-state index in [0.717, 1.165) is 19.0 Å². The van der Waals surface area contributed by atoms with Crippen LogP contribution in [-0.2, 0) is 10.0 Å². The van der Waals surface area contributed by atoms with Gasteiger partial charge in [-0.25, -0.2) is 8.42 Å². The number of hydrogen-bond donors (Lipinski definition) is 2. The molecule has 0 aromatic rings. The van der Waals surface area contributed by atoms with Crippen LogP contribution in [-0.4, -0.2) is 56.9 Å². The predicted molar refractivity (Wildman–Crippen MR) is 86.0 cm³/mol. The first-order valence-corrected chi connectivity index (χ1v) is 9.76. The Morgan fingerprint density at radius 1 is 1.12 bits per heavy atom. The van der Waals surface area contributed by atoms with Gasteiger partial charge in [0.2, 0.25) is 0 Å². The zero-order chi connectivity index (χ0) is 17.8. The van der Waals surface area contributed by atoms with Gasteiger partial charge in [-0.15, -0.1) is 0 Å². The van der Waals surface area contributed by atoms with Crippen LogP contribution in [0.25, 0.3) is 0 Å². The molecule has 140 valence electrons. The molecule has 0 atom stereocenters. The highest BCUT2D eigenvalue weighted by Gasteiger charge is 2.50. The van der Waals surface area contributed by atoms with Gasteiger partial charge in [-0.05, 0) is 44.4 Å². The number of hydrogen-bond acceptors (Lipinski definition) is 3.